The van der Waals surface area contributed by atoms with Crippen LogP contribution >= 0.6 is 11.6 Å². The van der Waals surface area contributed by atoms with Gasteiger partial charge in [0.05, 0.1) is 17.9 Å². The molecule has 1 aliphatic heterocycles. The predicted molar refractivity (Wildman–Crippen MR) is 141 cm³/mol. The highest BCUT2D eigenvalue weighted by atomic mass is 35.5. The van der Waals surface area contributed by atoms with Gasteiger partial charge in [0.2, 0.25) is 0 Å². The molecular weight excluding hydrogens is 540 g/mol. The van der Waals surface area contributed by atoms with Crippen LogP contribution in [0.4, 0.5) is 33.7 Å². The quantitative estimate of drug-likeness (QED) is 0.286. The van der Waals surface area contributed by atoms with E-state index >= 15 is 0 Å². The number of rotatable bonds is 8. The van der Waals surface area contributed by atoms with Crippen LogP contribution in [0.1, 0.15) is 27.9 Å². The van der Waals surface area contributed by atoms with Crippen LogP contribution in [-0.4, -0.2) is 49.7 Å². The molecule has 1 aliphatic rings. The van der Waals surface area contributed by atoms with Gasteiger partial charge in [-0.3, -0.25) is 14.7 Å². The second kappa shape index (κ2) is 13.4. The highest BCUT2D eigenvalue weighted by Gasteiger charge is 2.34. The van der Waals surface area contributed by atoms with E-state index in [2.05, 4.69) is 5.32 Å². The Labute approximate surface area is 228 Å². The molecule has 0 saturated heterocycles. The first-order valence-electron chi connectivity index (χ1n) is 11.9. The topological polar surface area (TPSA) is 76.1 Å². The molecule has 0 fully saturated rings. The van der Waals surface area contributed by atoms with Gasteiger partial charge in [-0.1, -0.05) is 17.7 Å². The molecule has 3 aromatic rings. The van der Waals surface area contributed by atoms with Crippen LogP contribution in [0.3, 0.4) is 0 Å². The van der Waals surface area contributed by atoms with Crippen LogP contribution in [0.5, 0.6) is 0 Å². The zero-order chi connectivity index (χ0) is 28.7. The van der Waals surface area contributed by atoms with E-state index in [0.717, 1.165) is 0 Å². The van der Waals surface area contributed by atoms with Crippen molar-refractivity contribution in [2.75, 3.05) is 37.2 Å². The Hall–Kier alpha value is -3.67. The van der Waals surface area contributed by atoms with Crippen LogP contribution < -0.4 is 15.2 Å². The number of fused-ring (bicyclic) bond motifs is 1. The maximum atomic E-state index is 14.3. The summed E-state index contributed by atoms with van der Waals surface area (Å²) in [5.41, 5.74) is 1.64. The van der Waals surface area contributed by atoms with E-state index in [-0.39, 0.29) is 41.9 Å². The highest BCUT2D eigenvalue weighted by Crippen LogP contribution is 2.37. The first-order chi connectivity index (χ1) is 18.6. The summed E-state index contributed by atoms with van der Waals surface area (Å²) in [6.45, 7) is 0.205. The van der Waals surface area contributed by atoms with Crippen molar-refractivity contribution in [1.29, 1.82) is 0 Å². The number of aliphatic hydroxyl groups is 1. The van der Waals surface area contributed by atoms with Crippen molar-refractivity contribution in [3.05, 3.63) is 93.5 Å². The van der Waals surface area contributed by atoms with E-state index in [1.165, 1.54) is 22.0 Å². The van der Waals surface area contributed by atoms with Gasteiger partial charge in [-0.15, -0.1) is 0 Å². The maximum absolute atomic E-state index is 14.3. The number of aldehydes is 1. The van der Waals surface area contributed by atoms with E-state index in [0.29, 0.717) is 48.3 Å². The molecule has 208 valence electrons. The van der Waals surface area contributed by atoms with Crippen molar-refractivity contribution in [3.8, 4) is 0 Å². The van der Waals surface area contributed by atoms with Gasteiger partial charge in [0.15, 0.2) is 0 Å². The number of urea groups is 1. The average Bonchev–Trinajstić information content (AvgIpc) is 2.90. The van der Waals surface area contributed by atoms with Gasteiger partial charge in [-0.25, -0.2) is 27.4 Å². The number of anilines is 2. The Balaban J connectivity index is 0.000000293. The Morgan fingerprint density at radius 1 is 0.974 bits per heavy atom. The zero-order valence-electron chi connectivity index (χ0n) is 21.2. The molecule has 4 rings (SSSR count). The lowest BCUT2D eigenvalue weighted by Gasteiger charge is -2.43. The van der Waals surface area contributed by atoms with Crippen molar-refractivity contribution in [2.24, 2.45) is 0 Å². The molecule has 2 N–H and O–H groups in total. The molecule has 0 aliphatic carbocycles. The maximum Gasteiger partial charge on any atom is 0.343 e. The minimum absolute atomic E-state index is 0.0535. The molecule has 0 atom stereocenters. The minimum atomic E-state index is -0.898. The van der Waals surface area contributed by atoms with Crippen LogP contribution in [0.25, 0.3) is 0 Å². The fourth-order valence-electron chi connectivity index (χ4n) is 3.98. The number of hydrazine groups is 1. The van der Waals surface area contributed by atoms with E-state index in [9.17, 15) is 27.2 Å². The summed E-state index contributed by atoms with van der Waals surface area (Å²) in [6.07, 6.45) is 1.09. The molecule has 12 heteroatoms. The van der Waals surface area contributed by atoms with E-state index in [1.54, 1.807) is 43.4 Å². The third-order valence-corrected chi connectivity index (χ3v) is 6.31. The van der Waals surface area contributed by atoms with Gasteiger partial charge < -0.3 is 10.4 Å². The highest BCUT2D eigenvalue weighted by molar-refractivity contribution is 6.31. The second-order valence-electron chi connectivity index (χ2n) is 8.54. The first-order valence-corrected chi connectivity index (χ1v) is 12.2. The molecule has 0 saturated carbocycles. The monoisotopic (exact) mass is 566 g/mol. The molecule has 2 amide bonds. The summed E-state index contributed by atoms with van der Waals surface area (Å²) in [5.74, 6) is -3.13. The Kier molecular flexibility index (Phi) is 10.3. The number of hydrogen-bond donors (Lipinski definition) is 2. The molecule has 0 unspecified atom stereocenters. The number of halogens is 5. The molecule has 0 bridgehead atoms. The third-order valence-electron chi connectivity index (χ3n) is 5.95. The standard InChI is InChI=1S/C19H19ClFN3O3.C8H8F3N/c1-22-17-7-6-13(12-26)10-18(17)23(19(27)24(22)8-3-9-25)11-14-15(20)4-2-5-16(14)21;1-12-4-6-7(10)2-5(9)3-8(6)11/h2,4-7,10,12,25H,3,8-9,11H2,1H3;2-3,12H,4H2,1H3. The van der Waals surface area contributed by atoms with E-state index in [1.807, 2.05) is 0 Å². The van der Waals surface area contributed by atoms with Gasteiger partial charge >= 0.3 is 6.03 Å². The van der Waals surface area contributed by atoms with Crippen LogP contribution in [-0.2, 0) is 13.1 Å². The largest absolute Gasteiger partial charge is 0.396 e. The molecule has 39 heavy (non-hydrogen) atoms. The zero-order valence-corrected chi connectivity index (χ0v) is 22.0. The number of nitrogens with one attached hydrogen (secondary N) is 1. The van der Waals surface area contributed by atoms with Crippen molar-refractivity contribution in [1.82, 2.24) is 10.3 Å². The molecular formula is C27H27ClF4N4O3. The number of carbonyl (C=O) groups is 2. The number of hydrogen-bond acceptors (Lipinski definition) is 5. The lowest BCUT2D eigenvalue weighted by molar-refractivity contribution is 0.112. The van der Waals surface area contributed by atoms with Gasteiger partial charge in [-0.2, -0.15) is 0 Å². The second-order valence-corrected chi connectivity index (χ2v) is 8.94. The summed E-state index contributed by atoms with van der Waals surface area (Å²) >= 11 is 6.14. The molecule has 3 aromatic carbocycles. The van der Waals surface area contributed by atoms with Crippen molar-refractivity contribution in [2.45, 2.75) is 19.5 Å². The predicted octanol–water partition coefficient (Wildman–Crippen LogP) is 5.29. The molecule has 7 nitrogen and oxygen atoms in total. The summed E-state index contributed by atoms with van der Waals surface area (Å²) in [7, 11) is 3.28. The van der Waals surface area contributed by atoms with Gasteiger partial charge in [0.1, 0.15) is 29.6 Å². The SMILES string of the molecule is CN1c2ccc(C=O)cc2N(Cc2c(F)cccc2Cl)C(=O)N1CCCO.CNCc1c(F)cc(F)cc1F. The number of benzene rings is 3. The van der Waals surface area contributed by atoms with Gasteiger partial charge in [0.25, 0.3) is 0 Å². The summed E-state index contributed by atoms with van der Waals surface area (Å²) in [6, 6.07) is 10.3. The fraction of sp³-hybridized carbons (Fsp3) is 0.259. The Bertz CT molecular complexity index is 1300. The van der Waals surface area contributed by atoms with Crippen LogP contribution in [0.2, 0.25) is 5.02 Å². The van der Waals surface area contributed by atoms with Crippen molar-refractivity contribution < 1.29 is 32.3 Å². The van der Waals surface area contributed by atoms with E-state index < -0.39 is 23.3 Å². The Morgan fingerprint density at radius 2 is 1.67 bits per heavy atom. The smallest absolute Gasteiger partial charge is 0.343 e. The minimum Gasteiger partial charge on any atom is -0.396 e. The first kappa shape index (κ1) is 29.9. The van der Waals surface area contributed by atoms with Crippen LogP contribution in [0, 0.1) is 23.3 Å². The lowest BCUT2D eigenvalue weighted by Crippen LogP contribution is -2.55. The van der Waals surface area contributed by atoms with Crippen LogP contribution in [0.15, 0.2) is 48.5 Å². The number of carbonyl (C=O) groups excluding carboxylic acids is 2. The summed E-state index contributed by atoms with van der Waals surface area (Å²) < 4.78 is 52.2. The van der Waals surface area contributed by atoms with Crippen molar-refractivity contribution in [3.63, 3.8) is 0 Å². The summed E-state index contributed by atoms with van der Waals surface area (Å²) in [5, 5.41) is 15.1. The number of aliphatic hydroxyl groups excluding tert-OH is 1. The number of amides is 2. The third kappa shape index (κ3) is 6.86. The molecule has 0 aromatic heterocycles. The average molecular weight is 567 g/mol. The molecule has 0 radical (unpaired) electrons. The Morgan fingerprint density at radius 3 is 2.26 bits per heavy atom. The number of nitrogens with zero attached hydrogens (tertiary/aromatic N) is 3. The molecule has 0 spiro atoms. The van der Waals surface area contributed by atoms with Gasteiger partial charge in [0, 0.05) is 60.6 Å². The molecule has 1 heterocycles. The normalized spacial score (nSPS) is 12.7. The van der Waals surface area contributed by atoms with Gasteiger partial charge in [-0.05, 0) is 43.8 Å². The van der Waals surface area contributed by atoms with E-state index in [4.69, 9.17) is 16.7 Å². The fourth-order valence-corrected chi connectivity index (χ4v) is 4.21. The summed E-state index contributed by atoms with van der Waals surface area (Å²) in [4.78, 5) is 25.7. The lowest BCUT2D eigenvalue weighted by atomic mass is 10.1. The van der Waals surface area contributed by atoms with Crippen molar-refractivity contribution >= 4 is 35.3 Å².